The van der Waals surface area contributed by atoms with Crippen molar-refractivity contribution in [3.05, 3.63) is 28.2 Å². The summed E-state index contributed by atoms with van der Waals surface area (Å²) < 4.78 is 0. The number of carbonyl (C=O) groups excluding carboxylic acids is 2. The van der Waals surface area contributed by atoms with Crippen molar-refractivity contribution in [3.8, 4) is 0 Å². The minimum Gasteiger partial charge on any atom is -0.343 e. The third-order valence-corrected chi connectivity index (χ3v) is 4.64. The van der Waals surface area contributed by atoms with E-state index in [0.29, 0.717) is 28.7 Å². The molecule has 4 nitrogen and oxygen atoms in total. The van der Waals surface area contributed by atoms with Crippen molar-refractivity contribution in [2.75, 3.05) is 24.5 Å². The number of nitrogens with zero attached hydrogens (tertiary/aromatic N) is 2. The second kappa shape index (κ2) is 8.55. The average Bonchev–Trinajstić information content (AvgIpc) is 2.79. The molecule has 0 bridgehead atoms. The topological polar surface area (TPSA) is 40.6 Å². The molecule has 0 aliphatic carbocycles. The number of carbonyl (C=O) groups is 2. The molecule has 1 aromatic rings. The minimum atomic E-state index is -0.155. The molecule has 0 unspecified atom stereocenters. The van der Waals surface area contributed by atoms with Gasteiger partial charge in [-0.1, -0.05) is 36.0 Å². The first-order chi connectivity index (χ1) is 11.0. The fourth-order valence-electron chi connectivity index (χ4n) is 2.83. The molecule has 6 heteroatoms. The van der Waals surface area contributed by atoms with Crippen LogP contribution in [0, 0.1) is 0 Å². The van der Waals surface area contributed by atoms with Crippen molar-refractivity contribution < 1.29 is 9.59 Å². The van der Waals surface area contributed by atoms with Gasteiger partial charge in [0.1, 0.15) is 0 Å². The van der Waals surface area contributed by atoms with E-state index in [1.807, 2.05) is 4.90 Å². The lowest BCUT2D eigenvalue weighted by molar-refractivity contribution is -0.131. The van der Waals surface area contributed by atoms with Gasteiger partial charge in [-0.25, -0.2) is 0 Å². The minimum absolute atomic E-state index is 0.0938. The molecule has 0 spiro atoms. The van der Waals surface area contributed by atoms with E-state index in [0.717, 1.165) is 25.9 Å². The van der Waals surface area contributed by atoms with Crippen LogP contribution >= 0.6 is 23.2 Å². The Hall–Kier alpha value is -1.26. The van der Waals surface area contributed by atoms with Gasteiger partial charge in [-0.05, 0) is 31.0 Å². The van der Waals surface area contributed by atoms with E-state index >= 15 is 0 Å². The van der Waals surface area contributed by atoms with Crippen molar-refractivity contribution in [1.29, 1.82) is 0 Å². The van der Waals surface area contributed by atoms with E-state index in [4.69, 9.17) is 23.2 Å². The Balaban J connectivity index is 2.03. The molecule has 2 rings (SSSR count). The molecule has 1 saturated heterocycles. The molecule has 1 aromatic carbocycles. The first kappa shape index (κ1) is 18.1. The lowest BCUT2D eigenvalue weighted by Gasteiger charge is -2.25. The second-order valence-corrected chi connectivity index (χ2v) is 6.66. The number of hydrogen-bond acceptors (Lipinski definition) is 2. The quantitative estimate of drug-likeness (QED) is 0.813. The van der Waals surface area contributed by atoms with Gasteiger partial charge in [-0.3, -0.25) is 9.59 Å². The molecule has 1 aliphatic rings. The summed E-state index contributed by atoms with van der Waals surface area (Å²) in [7, 11) is 0. The van der Waals surface area contributed by atoms with Crippen LogP contribution in [0.5, 0.6) is 0 Å². The maximum atomic E-state index is 12.4. The van der Waals surface area contributed by atoms with E-state index in [2.05, 4.69) is 0 Å². The van der Waals surface area contributed by atoms with E-state index in [1.54, 1.807) is 18.2 Å². The Kier molecular flexibility index (Phi) is 6.72. The molecule has 0 atom stereocenters. The predicted octanol–water partition coefficient (Wildman–Crippen LogP) is 4.14. The molecule has 23 heavy (non-hydrogen) atoms. The Bertz CT molecular complexity index is 570. The number of halogens is 2. The highest BCUT2D eigenvalue weighted by Gasteiger charge is 2.20. The second-order valence-electron chi connectivity index (χ2n) is 5.81. The Morgan fingerprint density at radius 1 is 1.13 bits per heavy atom. The van der Waals surface area contributed by atoms with Crippen molar-refractivity contribution in [2.45, 2.75) is 39.0 Å². The monoisotopic (exact) mass is 356 g/mol. The molecule has 126 valence electrons. The van der Waals surface area contributed by atoms with Crippen molar-refractivity contribution in [1.82, 2.24) is 4.90 Å². The highest BCUT2D eigenvalue weighted by molar-refractivity contribution is 6.35. The Morgan fingerprint density at radius 2 is 1.78 bits per heavy atom. The van der Waals surface area contributed by atoms with E-state index in [9.17, 15) is 9.59 Å². The summed E-state index contributed by atoms with van der Waals surface area (Å²) >= 11 is 12.2. The highest BCUT2D eigenvalue weighted by Crippen LogP contribution is 2.29. The SMILES string of the molecule is CC(=O)N(CCC(=O)N1CCCCCC1)c1cc(Cl)ccc1Cl. The summed E-state index contributed by atoms with van der Waals surface area (Å²) in [6, 6.07) is 4.99. The van der Waals surface area contributed by atoms with Gasteiger partial charge in [-0.2, -0.15) is 0 Å². The smallest absolute Gasteiger partial charge is 0.224 e. The molecule has 2 amide bonds. The largest absolute Gasteiger partial charge is 0.343 e. The van der Waals surface area contributed by atoms with Crippen LogP contribution in [0.1, 0.15) is 39.0 Å². The zero-order chi connectivity index (χ0) is 16.8. The summed E-state index contributed by atoms with van der Waals surface area (Å²) in [6.45, 7) is 3.41. The molecule has 1 heterocycles. The fourth-order valence-corrected chi connectivity index (χ4v) is 3.21. The number of likely N-dealkylation sites (tertiary alicyclic amines) is 1. The molecule has 0 aromatic heterocycles. The van der Waals surface area contributed by atoms with Gasteiger partial charge in [0, 0.05) is 38.0 Å². The van der Waals surface area contributed by atoms with Crippen LogP contribution in [0.15, 0.2) is 18.2 Å². The fraction of sp³-hybridized carbons (Fsp3) is 0.529. The number of rotatable bonds is 4. The first-order valence-corrected chi connectivity index (χ1v) is 8.75. The number of anilines is 1. The normalized spacial score (nSPS) is 15.2. The number of benzene rings is 1. The summed E-state index contributed by atoms with van der Waals surface area (Å²) in [5.74, 6) is -0.0610. The van der Waals surface area contributed by atoms with Crippen LogP contribution < -0.4 is 4.90 Å². The molecule has 0 N–H and O–H groups in total. The third-order valence-electron chi connectivity index (χ3n) is 4.09. The Morgan fingerprint density at radius 3 is 2.39 bits per heavy atom. The summed E-state index contributed by atoms with van der Waals surface area (Å²) in [4.78, 5) is 27.8. The van der Waals surface area contributed by atoms with E-state index < -0.39 is 0 Å². The van der Waals surface area contributed by atoms with Crippen LogP contribution in [-0.4, -0.2) is 36.3 Å². The molecule has 0 radical (unpaired) electrons. The molecule has 1 fully saturated rings. The van der Waals surface area contributed by atoms with Gasteiger partial charge in [0.05, 0.1) is 10.7 Å². The van der Waals surface area contributed by atoms with Gasteiger partial charge >= 0.3 is 0 Å². The molecule has 1 aliphatic heterocycles. The third kappa shape index (κ3) is 5.11. The molecule has 0 saturated carbocycles. The Labute approximate surface area is 147 Å². The van der Waals surface area contributed by atoms with Gasteiger partial charge in [0.25, 0.3) is 0 Å². The van der Waals surface area contributed by atoms with Crippen LogP contribution in [0.4, 0.5) is 5.69 Å². The van der Waals surface area contributed by atoms with Crippen molar-refractivity contribution in [2.24, 2.45) is 0 Å². The van der Waals surface area contributed by atoms with Crippen LogP contribution in [0.3, 0.4) is 0 Å². The van der Waals surface area contributed by atoms with Gasteiger partial charge < -0.3 is 9.80 Å². The standard InChI is InChI=1S/C17H22Cl2N2O2/c1-13(22)21(16-12-14(18)6-7-15(16)19)11-8-17(23)20-9-4-2-3-5-10-20/h6-7,12H,2-5,8-11H2,1H3. The van der Waals surface area contributed by atoms with Gasteiger partial charge in [0.15, 0.2) is 0 Å². The maximum Gasteiger partial charge on any atom is 0.224 e. The van der Waals surface area contributed by atoms with Crippen LogP contribution in [0.25, 0.3) is 0 Å². The van der Waals surface area contributed by atoms with E-state index in [-0.39, 0.29) is 11.8 Å². The average molecular weight is 357 g/mol. The number of hydrogen-bond donors (Lipinski definition) is 0. The lowest BCUT2D eigenvalue weighted by Crippen LogP contribution is -2.37. The maximum absolute atomic E-state index is 12.4. The highest BCUT2D eigenvalue weighted by atomic mass is 35.5. The van der Waals surface area contributed by atoms with Crippen molar-refractivity contribution >= 4 is 40.7 Å². The zero-order valence-electron chi connectivity index (χ0n) is 13.4. The first-order valence-electron chi connectivity index (χ1n) is 8.00. The summed E-state index contributed by atoms with van der Waals surface area (Å²) in [5, 5.41) is 0.960. The van der Waals surface area contributed by atoms with Gasteiger partial charge in [-0.15, -0.1) is 0 Å². The predicted molar refractivity (Wildman–Crippen MR) is 94.2 cm³/mol. The molecular weight excluding hydrogens is 335 g/mol. The van der Waals surface area contributed by atoms with Gasteiger partial charge in [0.2, 0.25) is 11.8 Å². The van der Waals surface area contributed by atoms with Crippen molar-refractivity contribution in [3.63, 3.8) is 0 Å². The number of amides is 2. The van der Waals surface area contributed by atoms with E-state index in [1.165, 1.54) is 24.7 Å². The summed E-state index contributed by atoms with van der Waals surface area (Å²) in [6.07, 6.45) is 4.77. The molecular formula is C17H22Cl2N2O2. The lowest BCUT2D eigenvalue weighted by atomic mass is 10.2. The van der Waals surface area contributed by atoms with Crippen LogP contribution in [0.2, 0.25) is 10.0 Å². The summed E-state index contributed by atoms with van der Waals surface area (Å²) in [5.41, 5.74) is 0.551. The van der Waals surface area contributed by atoms with Crippen LogP contribution in [-0.2, 0) is 9.59 Å². The zero-order valence-corrected chi connectivity index (χ0v) is 14.9.